The van der Waals surface area contributed by atoms with Crippen molar-refractivity contribution in [1.29, 1.82) is 0 Å². The molecule has 0 spiro atoms. The highest BCUT2D eigenvalue weighted by Gasteiger charge is 2.39. The molecule has 0 saturated heterocycles. The fraction of sp³-hybridized carbons (Fsp3) is 0.714. The molecule has 2 nitrogen and oxygen atoms in total. The van der Waals surface area contributed by atoms with Crippen LogP contribution < -0.4 is 5.73 Å². The van der Waals surface area contributed by atoms with Gasteiger partial charge in [-0.25, -0.2) is 0 Å². The van der Waals surface area contributed by atoms with Crippen molar-refractivity contribution in [3.8, 4) is 0 Å². The van der Waals surface area contributed by atoms with E-state index in [9.17, 15) is 0 Å². The van der Waals surface area contributed by atoms with Crippen molar-refractivity contribution in [2.24, 2.45) is 17.1 Å². The maximum Gasteiger partial charge on any atom is 0.0324 e. The van der Waals surface area contributed by atoms with Crippen LogP contribution in [0.15, 0.2) is 17.5 Å². The minimum atomic E-state index is 0.328. The molecular weight excluding hydrogens is 228 g/mol. The van der Waals surface area contributed by atoms with Gasteiger partial charge in [0.05, 0.1) is 0 Å². The molecule has 1 heterocycles. The van der Waals surface area contributed by atoms with E-state index in [-0.39, 0.29) is 0 Å². The lowest BCUT2D eigenvalue weighted by atomic mass is 9.85. The first-order valence-corrected chi connectivity index (χ1v) is 7.33. The number of nitrogens with zero attached hydrogens (tertiary/aromatic N) is 1. The van der Waals surface area contributed by atoms with E-state index in [2.05, 4.69) is 43.3 Å². The molecular formula is C14H24N2S. The van der Waals surface area contributed by atoms with Crippen molar-refractivity contribution in [3.05, 3.63) is 22.4 Å². The second kappa shape index (κ2) is 5.09. The molecule has 2 atom stereocenters. The molecule has 1 aromatic heterocycles. The van der Waals surface area contributed by atoms with Crippen LogP contribution in [0, 0.1) is 11.3 Å². The fourth-order valence-corrected chi connectivity index (χ4v) is 3.66. The zero-order chi connectivity index (χ0) is 12.5. The van der Waals surface area contributed by atoms with E-state index in [0.29, 0.717) is 17.4 Å². The van der Waals surface area contributed by atoms with Gasteiger partial charge < -0.3 is 10.6 Å². The van der Waals surface area contributed by atoms with Crippen LogP contribution in [0.5, 0.6) is 0 Å². The third-order valence-electron chi connectivity index (χ3n) is 4.12. The van der Waals surface area contributed by atoms with Gasteiger partial charge in [-0.3, -0.25) is 0 Å². The summed E-state index contributed by atoms with van der Waals surface area (Å²) in [5.74, 6) is 0.662. The van der Waals surface area contributed by atoms with Gasteiger partial charge in [0.25, 0.3) is 0 Å². The second-order valence-corrected chi connectivity index (χ2v) is 7.12. The lowest BCUT2D eigenvalue weighted by Gasteiger charge is -2.29. The van der Waals surface area contributed by atoms with E-state index in [4.69, 9.17) is 5.73 Å². The van der Waals surface area contributed by atoms with Crippen LogP contribution in [0.1, 0.15) is 31.6 Å². The summed E-state index contributed by atoms with van der Waals surface area (Å²) in [4.78, 5) is 3.86. The Balaban J connectivity index is 1.85. The molecule has 3 heteroatoms. The van der Waals surface area contributed by atoms with Crippen LogP contribution in [0.25, 0.3) is 0 Å². The Morgan fingerprint density at radius 1 is 1.53 bits per heavy atom. The molecule has 0 aliphatic heterocycles. The molecule has 1 aliphatic carbocycles. The molecule has 17 heavy (non-hydrogen) atoms. The minimum absolute atomic E-state index is 0.328. The summed E-state index contributed by atoms with van der Waals surface area (Å²) in [5.41, 5.74) is 6.68. The van der Waals surface area contributed by atoms with Gasteiger partial charge in [0.2, 0.25) is 0 Å². The number of hydrogen-bond acceptors (Lipinski definition) is 3. The third kappa shape index (κ3) is 3.09. The van der Waals surface area contributed by atoms with Gasteiger partial charge in [-0.1, -0.05) is 19.9 Å². The standard InChI is InChI=1S/C14H24N2S/c1-14(2)7-6-11(13(14)15)9-16(3)10-12-5-4-8-17-12/h4-5,8,11,13H,6-7,9-10,15H2,1-3H3. The Morgan fingerprint density at radius 2 is 2.29 bits per heavy atom. The van der Waals surface area contributed by atoms with Gasteiger partial charge in [-0.05, 0) is 42.7 Å². The van der Waals surface area contributed by atoms with Gasteiger partial charge in [-0.2, -0.15) is 0 Å². The van der Waals surface area contributed by atoms with Gasteiger partial charge in [0.1, 0.15) is 0 Å². The Labute approximate surface area is 109 Å². The first-order chi connectivity index (χ1) is 7.99. The summed E-state index contributed by atoms with van der Waals surface area (Å²) in [7, 11) is 2.21. The summed E-state index contributed by atoms with van der Waals surface area (Å²) in [6.07, 6.45) is 2.55. The molecule has 0 amide bonds. The number of hydrogen-bond donors (Lipinski definition) is 1. The molecule has 96 valence electrons. The average Bonchev–Trinajstić information content (AvgIpc) is 2.82. The van der Waals surface area contributed by atoms with Crippen molar-refractivity contribution < 1.29 is 0 Å². The van der Waals surface area contributed by atoms with E-state index < -0.39 is 0 Å². The first-order valence-electron chi connectivity index (χ1n) is 6.45. The van der Waals surface area contributed by atoms with Crippen LogP contribution in [0.4, 0.5) is 0 Å². The monoisotopic (exact) mass is 252 g/mol. The Bertz CT molecular complexity index is 345. The second-order valence-electron chi connectivity index (χ2n) is 6.09. The van der Waals surface area contributed by atoms with Crippen molar-refractivity contribution in [1.82, 2.24) is 4.90 Å². The SMILES string of the molecule is CN(Cc1cccs1)CC1CCC(C)(C)C1N. The predicted molar refractivity (Wildman–Crippen MR) is 75.1 cm³/mol. The quantitative estimate of drug-likeness (QED) is 0.892. The minimum Gasteiger partial charge on any atom is -0.327 e. The van der Waals surface area contributed by atoms with Crippen molar-refractivity contribution in [3.63, 3.8) is 0 Å². The van der Waals surface area contributed by atoms with Crippen molar-refractivity contribution in [2.75, 3.05) is 13.6 Å². The summed E-state index contributed by atoms with van der Waals surface area (Å²) in [5, 5.41) is 2.15. The van der Waals surface area contributed by atoms with E-state index in [1.807, 2.05) is 11.3 Å². The largest absolute Gasteiger partial charge is 0.327 e. The highest BCUT2D eigenvalue weighted by molar-refractivity contribution is 7.09. The molecule has 1 saturated carbocycles. The summed E-state index contributed by atoms with van der Waals surface area (Å²) < 4.78 is 0. The van der Waals surface area contributed by atoms with Crippen LogP contribution >= 0.6 is 11.3 Å². The summed E-state index contributed by atoms with van der Waals surface area (Å²) in [6.45, 7) is 6.79. The fourth-order valence-electron chi connectivity index (χ4n) is 2.88. The molecule has 1 aromatic rings. The van der Waals surface area contributed by atoms with E-state index in [0.717, 1.165) is 13.1 Å². The number of rotatable bonds is 4. The molecule has 0 bridgehead atoms. The van der Waals surface area contributed by atoms with Crippen molar-refractivity contribution in [2.45, 2.75) is 39.3 Å². The molecule has 1 aliphatic rings. The van der Waals surface area contributed by atoms with Crippen molar-refractivity contribution >= 4 is 11.3 Å². The zero-order valence-corrected chi connectivity index (χ0v) is 12.0. The van der Waals surface area contributed by atoms with E-state index in [1.54, 1.807) is 0 Å². The smallest absolute Gasteiger partial charge is 0.0324 e. The highest BCUT2D eigenvalue weighted by atomic mass is 32.1. The van der Waals surface area contributed by atoms with Gasteiger partial charge in [0.15, 0.2) is 0 Å². The molecule has 0 radical (unpaired) electrons. The zero-order valence-electron chi connectivity index (χ0n) is 11.1. The van der Waals surface area contributed by atoms with Crippen LogP contribution in [0.2, 0.25) is 0 Å². The van der Waals surface area contributed by atoms with Crippen LogP contribution in [-0.4, -0.2) is 24.5 Å². The number of thiophene rings is 1. The Kier molecular flexibility index (Phi) is 3.91. The van der Waals surface area contributed by atoms with Gasteiger partial charge >= 0.3 is 0 Å². The average molecular weight is 252 g/mol. The molecule has 0 aromatic carbocycles. The number of nitrogens with two attached hydrogens (primary N) is 1. The molecule has 2 unspecified atom stereocenters. The lowest BCUT2D eigenvalue weighted by molar-refractivity contribution is 0.230. The summed E-state index contributed by atoms with van der Waals surface area (Å²) >= 11 is 1.84. The van der Waals surface area contributed by atoms with E-state index >= 15 is 0 Å². The highest BCUT2D eigenvalue weighted by Crippen LogP contribution is 2.40. The Morgan fingerprint density at radius 3 is 2.82 bits per heavy atom. The normalized spacial score (nSPS) is 27.8. The van der Waals surface area contributed by atoms with E-state index in [1.165, 1.54) is 17.7 Å². The van der Waals surface area contributed by atoms with Crippen LogP contribution in [-0.2, 0) is 6.54 Å². The topological polar surface area (TPSA) is 29.3 Å². The molecule has 2 rings (SSSR count). The molecule has 2 N–H and O–H groups in total. The maximum atomic E-state index is 6.35. The predicted octanol–water partition coefficient (Wildman–Crippen LogP) is 2.94. The van der Waals surface area contributed by atoms with Gasteiger partial charge in [0, 0.05) is 24.0 Å². The van der Waals surface area contributed by atoms with Gasteiger partial charge in [-0.15, -0.1) is 11.3 Å². The Hall–Kier alpha value is -0.380. The summed E-state index contributed by atoms with van der Waals surface area (Å²) in [6, 6.07) is 4.69. The molecule has 1 fully saturated rings. The third-order valence-corrected chi connectivity index (χ3v) is 4.98. The first kappa shape index (κ1) is 13.1. The lowest BCUT2D eigenvalue weighted by Crippen LogP contribution is -2.41. The maximum absolute atomic E-state index is 6.35. The van der Waals surface area contributed by atoms with Crippen LogP contribution in [0.3, 0.4) is 0 Å².